The Hall–Kier alpha value is -2.00. The zero-order valence-electron chi connectivity index (χ0n) is 14.4. The highest BCUT2D eigenvalue weighted by Gasteiger charge is 2.16. The predicted molar refractivity (Wildman–Crippen MR) is 98.5 cm³/mol. The second-order valence-electron chi connectivity index (χ2n) is 6.75. The third-order valence-corrected chi connectivity index (χ3v) is 3.82. The Morgan fingerprint density at radius 3 is 2.04 bits per heavy atom. The summed E-state index contributed by atoms with van der Waals surface area (Å²) >= 11 is 0. The van der Waals surface area contributed by atoms with Gasteiger partial charge in [0, 0.05) is 23.3 Å². The van der Waals surface area contributed by atoms with E-state index in [0.29, 0.717) is 13.2 Å². The van der Waals surface area contributed by atoms with Gasteiger partial charge in [0.25, 0.3) is 0 Å². The minimum absolute atomic E-state index is 0.00282. The lowest BCUT2D eigenvalue weighted by molar-refractivity contribution is 0.187. The van der Waals surface area contributed by atoms with E-state index in [1.54, 1.807) is 0 Å². The number of nitrogens with one attached hydrogen (secondary N) is 1. The number of benzene rings is 2. The van der Waals surface area contributed by atoms with Crippen molar-refractivity contribution in [2.45, 2.75) is 33.6 Å². The van der Waals surface area contributed by atoms with Gasteiger partial charge in [0.15, 0.2) is 0 Å². The summed E-state index contributed by atoms with van der Waals surface area (Å²) < 4.78 is 5.80. The van der Waals surface area contributed by atoms with Gasteiger partial charge in [-0.1, -0.05) is 39.3 Å². The summed E-state index contributed by atoms with van der Waals surface area (Å²) in [5.41, 5.74) is 9.25. The van der Waals surface area contributed by atoms with Gasteiger partial charge in [-0.05, 0) is 48.4 Å². The molecule has 0 radical (unpaired) electrons. The second kappa shape index (κ2) is 8.02. The Labute approximate surface area is 139 Å². The molecule has 124 valence electrons. The van der Waals surface area contributed by atoms with Gasteiger partial charge in [-0.25, -0.2) is 0 Å². The van der Waals surface area contributed by atoms with E-state index in [1.807, 2.05) is 24.3 Å². The fourth-order valence-corrected chi connectivity index (χ4v) is 2.18. The van der Waals surface area contributed by atoms with Crippen LogP contribution in [0.5, 0.6) is 5.75 Å². The van der Waals surface area contributed by atoms with Crippen molar-refractivity contribution in [2.24, 2.45) is 11.1 Å². The number of hydrogen-bond acceptors (Lipinski definition) is 3. The lowest BCUT2D eigenvalue weighted by Gasteiger charge is -2.22. The molecule has 3 heteroatoms. The number of aryl methyl sites for hydroxylation is 1. The van der Waals surface area contributed by atoms with Crippen molar-refractivity contribution in [3.05, 3.63) is 54.1 Å². The van der Waals surface area contributed by atoms with Gasteiger partial charge in [-0.2, -0.15) is 0 Å². The zero-order chi connectivity index (χ0) is 16.7. The van der Waals surface area contributed by atoms with Gasteiger partial charge in [-0.3, -0.25) is 0 Å². The maximum absolute atomic E-state index is 5.80. The van der Waals surface area contributed by atoms with Gasteiger partial charge < -0.3 is 15.8 Å². The molecule has 0 aliphatic carbocycles. The molecule has 3 N–H and O–H groups in total. The summed E-state index contributed by atoms with van der Waals surface area (Å²) in [6, 6.07) is 16.6. The lowest BCUT2D eigenvalue weighted by atomic mass is 9.95. The van der Waals surface area contributed by atoms with E-state index < -0.39 is 0 Å². The van der Waals surface area contributed by atoms with Crippen molar-refractivity contribution in [3.8, 4) is 5.75 Å². The summed E-state index contributed by atoms with van der Waals surface area (Å²) in [6.45, 7) is 7.64. The molecule has 0 amide bonds. The van der Waals surface area contributed by atoms with E-state index in [2.05, 4.69) is 50.4 Å². The van der Waals surface area contributed by atoms with Crippen molar-refractivity contribution in [2.75, 3.05) is 18.5 Å². The highest BCUT2D eigenvalue weighted by atomic mass is 16.5. The van der Waals surface area contributed by atoms with Crippen LogP contribution in [0.15, 0.2) is 48.5 Å². The second-order valence-corrected chi connectivity index (χ2v) is 6.75. The molecule has 0 fully saturated rings. The van der Waals surface area contributed by atoms with Crippen LogP contribution in [0.25, 0.3) is 0 Å². The van der Waals surface area contributed by atoms with Gasteiger partial charge in [-0.15, -0.1) is 0 Å². The van der Waals surface area contributed by atoms with Crippen molar-refractivity contribution in [1.82, 2.24) is 0 Å². The molecule has 0 bridgehead atoms. The Morgan fingerprint density at radius 1 is 0.957 bits per heavy atom. The first kappa shape index (κ1) is 17.4. The van der Waals surface area contributed by atoms with Crippen LogP contribution in [0, 0.1) is 5.41 Å². The minimum atomic E-state index is -0.00282. The number of hydrogen-bond donors (Lipinski definition) is 2. The third-order valence-electron chi connectivity index (χ3n) is 3.82. The van der Waals surface area contributed by atoms with E-state index in [9.17, 15) is 0 Å². The van der Waals surface area contributed by atoms with Gasteiger partial charge in [0.05, 0.1) is 6.61 Å². The summed E-state index contributed by atoms with van der Waals surface area (Å²) in [6.07, 6.45) is 2.31. The molecule has 0 saturated carbocycles. The summed E-state index contributed by atoms with van der Waals surface area (Å²) in [7, 11) is 0. The quantitative estimate of drug-likeness (QED) is 0.739. The molecule has 0 unspecified atom stereocenters. The van der Waals surface area contributed by atoms with Crippen LogP contribution in [-0.4, -0.2) is 13.2 Å². The van der Waals surface area contributed by atoms with Gasteiger partial charge in [0.2, 0.25) is 0 Å². The molecule has 3 nitrogen and oxygen atoms in total. The maximum Gasteiger partial charge on any atom is 0.119 e. The molecule has 23 heavy (non-hydrogen) atoms. The lowest BCUT2D eigenvalue weighted by Crippen LogP contribution is -2.30. The number of anilines is 2. The standard InChI is InChI=1S/C20H28N2O/c1-4-5-16-6-8-17(9-7-16)22-18-10-12-19(13-11-18)23-15-20(2,3)14-21/h6-13,22H,4-5,14-15,21H2,1-3H3. The molecule has 2 aromatic carbocycles. The summed E-state index contributed by atoms with van der Waals surface area (Å²) in [5, 5.41) is 3.41. The Bertz CT molecular complexity index is 588. The molecule has 0 spiro atoms. The minimum Gasteiger partial charge on any atom is -0.493 e. The van der Waals surface area contributed by atoms with Crippen LogP contribution in [0.3, 0.4) is 0 Å². The van der Waals surface area contributed by atoms with Crippen molar-refractivity contribution < 1.29 is 4.74 Å². The number of nitrogens with two attached hydrogens (primary N) is 1. The SMILES string of the molecule is CCCc1ccc(Nc2ccc(OCC(C)(C)CN)cc2)cc1. The van der Waals surface area contributed by atoms with E-state index in [-0.39, 0.29) is 5.41 Å². The monoisotopic (exact) mass is 312 g/mol. The topological polar surface area (TPSA) is 47.3 Å². The molecule has 0 heterocycles. The van der Waals surface area contributed by atoms with Crippen LogP contribution in [-0.2, 0) is 6.42 Å². The predicted octanol–water partition coefficient (Wildman–Crippen LogP) is 4.75. The molecule has 2 rings (SSSR count). The first-order chi connectivity index (χ1) is 11.0. The van der Waals surface area contributed by atoms with Crippen LogP contribution in [0.2, 0.25) is 0 Å². The Kier molecular flexibility index (Phi) is 6.05. The Balaban J connectivity index is 1.91. The van der Waals surface area contributed by atoms with E-state index in [0.717, 1.165) is 23.5 Å². The van der Waals surface area contributed by atoms with Gasteiger partial charge in [0.1, 0.15) is 5.75 Å². The molecule has 0 atom stereocenters. The van der Waals surface area contributed by atoms with Crippen LogP contribution >= 0.6 is 0 Å². The first-order valence-electron chi connectivity index (χ1n) is 8.31. The summed E-state index contributed by atoms with van der Waals surface area (Å²) in [4.78, 5) is 0. The molecule has 0 aliphatic rings. The smallest absolute Gasteiger partial charge is 0.119 e. The van der Waals surface area contributed by atoms with Crippen molar-refractivity contribution in [1.29, 1.82) is 0 Å². The number of rotatable bonds is 8. The number of ether oxygens (including phenoxy) is 1. The molecular formula is C20H28N2O. The molecular weight excluding hydrogens is 284 g/mol. The molecule has 0 aromatic heterocycles. The first-order valence-corrected chi connectivity index (χ1v) is 8.31. The summed E-state index contributed by atoms with van der Waals surface area (Å²) in [5.74, 6) is 0.871. The average molecular weight is 312 g/mol. The average Bonchev–Trinajstić information content (AvgIpc) is 2.56. The molecule has 0 aliphatic heterocycles. The van der Waals surface area contributed by atoms with Crippen LogP contribution in [0.1, 0.15) is 32.8 Å². The maximum atomic E-state index is 5.80. The highest BCUT2D eigenvalue weighted by Crippen LogP contribution is 2.22. The third kappa shape index (κ3) is 5.61. The van der Waals surface area contributed by atoms with E-state index in [4.69, 9.17) is 10.5 Å². The molecule has 2 aromatic rings. The highest BCUT2D eigenvalue weighted by molar-refractivity contribution is 5.60. The normalized spacial score (nSPS) is 11.3. The zero-order valence-corrected chi connectivity index (χ0v) is 14.4. The van der Waals surface area contributed by atoms with Gasteiger partial charge >= 0.3 is 0 Å². The van der Waals surface area contributed by atoms with E-state index >= 15 is 0 Å². The Morgan fingerprint density at radius 2 is 1.52 bits per heavy atom. The van der Waals surface area contributed by atoms with Crippen LogP contribution in [0.4, 0.5) is 11.4 Å². The van der Waals surface area contributed by atoms with Crippen molar-refractivity contribution in [3.63, 3.8) is 0 Å². The largest absolute Gasteiger partial charge is 0.493 e. The fraction of sp³-hybridized carbons (Fsp3) is 0.400. The molecule has 0 saturated heterocycles. The fourth-order valence-electron chi connectivity index (χ4n) is 2.18. The van der Waals surface area contributed by atoms with Crippen LogP contribution < -0.4 is 15.8 Å². The van der Waals surface area contributed by atoms with Crippen molar-refractivity contribution >= 4 is 11.4 Å². The van der Waals surface area contributed by atoms with E-state index in [1.165, 1.54) is 12.0 Å².